The van der Waals surface area contributed by atoms with Crippen LogP contribution in [0.1, 0.15) is 51.4 Å². The zero-order valence-corrected chi connectivity index (χ0v) is 13.7. The topological polar surface area (TPSA) is 12.5 Å². The summed E-state index contributed by atoms with van der Waals surface area (Å²) < 4.78 is 5.58. The minimum atomic E-state index is 0.484. The first-order valence-electron chi connectivity index (χ1n) is 8.21. The minimum absolute atomic E-state index is 0.484. The van der Waals surface area contributed by atoms with E-state index in [4.69, 9.17) is 4.74 Å². The number of alkyl halides is 1. The van der Waals surface area contributed by atoms with Crippen molar-refractivity contribution in [2.45, 2.75) is 57.4 Å². The van der Waals surface area contributed by atoms with Gasteiger partial charge in [0.2, 0.25) is 0 Å². The molecule has 1 aliphatic carbocycles. The maximum absolute atomic E-state index is 5.58. The molecule has 2 aliphatic heterocycles. The lowest BCUT2D eigenvalue weighted by Gasteiger charge is -2.48. The van der Waals surface area contributed by atoms with E-state index in [1.54, 1.807) is 0 Å². The van der Waals surface area contributed by atoms with Crippen molar-refractivity contribution in [1.29, 1.82) is 0 Å². The number of hydrogen-bond donors (Lipinski definition) is 0. The third kappa shape index (κ3) is 3.19. The molecule has 0 aromatic carbocycles. The van der Waals surface area contributed by atoms with Gasteiger partial charge in [0.15, 0.2) is 0 Å². The summed E-state index contributed by atoms with van der Waals surface area (Å²) in [5.41, 5.74) is 0.484. The molecule has 0 aromatic rings. The highest BCUT2D eigenvalue weighted by atomic mass is 79.9. The fourth-order valence-corrected chi connectivity index (χ4v) is 5.23. The van der Waals surface area contributed by atoms with Crippen LogP contribution >= 0.6 is 15.9 Å². The predicted molar refractivity (Wildman–Crippen MR) is 82.8 cm³/mol. The van der Waals surface area contributed by atoms with Crippen LogP contribution < -0.4 is 0 Å². The van der Waals surface area contributed by atoms with E-state index in [-0.39, 0.29) is 0 Å². The average molecular weight is 330 g/mol. The molecule has 0 spiro atoms. The van der Waals surface area contributed by atoms with Gasteiger partial charge in [-0.1, -0.05) is 28.8 Å². The van der Waals surface area contributed by atoms with Crippen molar-refractivity contribution >= 4 is 15.9 Å². The van der Waals surface area contributed by atoms with Crippen LogP contribution in [-0.4, -0.2) is 42.6 Å². The summed E-state index contributed by atoms with van der Waals surface area (Å²) in [6.07, 6.45) is 11.3. The fourth-order valence-electron chi connectivity index (χ4n) is 4.49. The Bertz CT molecular complexity index is 288. The Hall–Kier alpha value is 0.400. The van der Waals surface area contributed by atoms with E-state index < -0.39 is 0 Å². The van der Waals surface area contributed by atoms with Crippen molar-refractivity contribution in [1.82, 2.24) is 4.90 Å². The van der Waals surface area contributed by atoms with Gasteiger partial charge < -0.3 is 4.74 Å². The van der Waals surface area contributed by atoms with E-state index in [1.165, 1.54) is 64.5 Å². The normalized spacial score (nSPS) is 35.8. The van der Waals surface area contributed by atoms with Gasteiger partial charge in [0.05, 0.1) is 0 Å². The van der Waals surface area contributed by atoms with Crippen LogP contribution in [-0.2, 0) is 4.74 Å². The second kappa shape index (κ2) is 6.44. The van der Waals surface area contributed by atoms with Gasteiger partial charge in [0.25, 0.3) is 0 Å². The third-order valence-corrected chi connectivity index (χ3v) is 6.92. The smallest absolute Gasteiger partial charge is 0.0472 e. The van der Waals surface area contributed by atoms with E-state index in [1.807, 2.05) is 0 Å². The van der Waals surface area contributed by atoms with Gasteiger partial charge in [-0.25, -0.2) is 0 Å². The molecule has 19 heavy (non-hydrogen) atoms. The first kappa shape index (κ1) is 14.3. The lowest BCUT2D eigenvalue weighted by molar-refractivity contribution is -0.0225. The van der Waals surface area contributed by atoms with Gasteiger partial charge in [-0.2, -0.15) is 0 Å². The van der Waals surface area contributed by atoms with E-state index in [0.717, 1.165) is 30.5 Å². The van der Waals surface area contributed by atoms with Crippen LogP contribution in [0.2, 0.25) is 0 Å². The molecule has 2 heterocycles. The summed E-state index contributed by atoms with van der Waals surface area (Å²) in [7, 11) is 0. The van der Waals surface area contributed by atoms with Crippen molar-refractivity contribution in [2.24, 2.45) is 11.3 Å². The summed E-state index contributed by atoms with van der Waals surface area (Å²) in [5.74, 6) is 1.01. The molecule has 3 heteroatoms. The van der Waals surface area contributed by atoms with Crippen LogP contribution in [0.5, 0.6) is 0 Å². The Labute approximate surface area is 126 Å². The number of nitrogens with zero attached hydrogens (tertiary/aromatic N) is 1. The Morgan fingerprint density at radius 3 is 2.58 bits per heavy atom. The van der Waals surface area contributed by atoms with Gasteiger partial charge in [0.1, 0.15) is 0 Å². The van der Waals surface area contributed by atoms with Crippen molar-refractivity contribution < 1.29 is 4.74 Å². The SMILES string of the molecule is BrCC1(CN2CCCC3CCCCC32)CCOCC1. The van der Waals surface area contributed by atoms with E-state index >= 15 is 0 Å². The number of ether oxygens (including phenoxy) is 1. The summed E-state index contributed by atoms with van der Waals surface area (Å²) in [5, 5.41) is 1.15. The summed E-state index contributed by atoms with van der Waals surface area (Å²) >= 11 is 3.80. The number of rotatable bonds is 3. The predicted octanol–water partition coefficient (Wildman–Crippen LogP) is 3.83. The average Bonchev–Trinajstić information content (AvgIpc) is 2.49. The van der Waals surface area contributed by atoms with Crippen molar-refractivity contribution in [3.05, 3.63) is 0 Å². The largest absolute Gasteiger partial charge is 0.381 e. The second-order valence-electron chi connectivity index (χ2n) is 6.97. The first-order chi connectivity index (χ1) is 9.33. The highest BCUT2D eigenvalue weighted by molar-refractivity contribution is 9.09. The molecule has 1 saturated carbocycles. The lowest BCUT2D eigenvalue weighted by atomic mass is 9.75. The Balaban J connectivity index is 1.66. The fraction of sp³-hybridized carbons (Fsp3) is 1.00. The number of likely N-dealkylation sites (tertiary alicyclic amines) is 1. The van der Waals surface area contributed by atoms with Crippen molar-refractivity contribution in [3.63, 3.8) is 0 Å². The Morgan fingerprint density at radius 2 is 1.79 bits per heavy atom. The summed E-state index contributed by atoms with van der Waals surface area (Å²) in [6, 6.07) is 0.904. The molecule has 0 radical (unpaired) electrons. The molecule has 0 bridgehead atoms. The highest BCUT2D eigenvalue weighted by Gasteiger charge is 2.39. The molecular formula is C16H28BrNO. The summed E-state index contributed by atoms with van der Waals surface area (Å²) in [4.78, 5) is 2.86. The minimum Gasteiger partial charge on any atom is -0.381 e. The van der Waals surface area contributed by atoms with Crippen molar-refractivity contribution in [2.75, 3.05) is 31.6 Å². The molecule has 0 amide bonds. The maximum Gasteiger partial charge on any atom is 0.0472 e. The number of hydrogen-bond acceptors (Lipinski definition) is 2. The van der Waals surface area contributed by atoms with Crippen LogP contribution in [0.15, 0.2) is 0 Å². The van der Waals surface area contributed by atoms with Gasteiger partial charge in [-0.05, 0) is 56.4 Å². The highest BCUT2D eigenvalue weighted by Crippen LogP contribution is 2.40. The molecular weight excluding hydrogens is 302 g/mol. The van der Waals surface area contributed by atoms with Gasteiger partial charge in [-0.3, -0.25) is 4.90 Å². The van der Waals surface area contributed by atoms with Crippen LogP contribution in [0.25, 0.3) is 0 Å². The summed E-state index contributed by atoms with van der Waals surface area (Å²) in [6.45, 7) is 4.58. The monoisotopic (exact) mass is 329 g/mol. The Kier molecular flexibility index (Phi) is 4.86. The standard InChI is InChI=1S/C16H28BrNO/c17-12-16(7-10-19-11-8-16)13-18-9-3-5-14-4-1-2-6-15(14)18/h14-15H,1-13H2. The van der Waals surface area contributed by atoms with Crippen LogP contribution in [0.4, 0.5) is 0 Å². The second-order valence-corrected chi connectivity index (χ2v) is 7.53. The van der Waals surface area contributed by atoms with E-state index in [0.29, 0.717) is 5.41 Å². The molecule has 2 saturated heterocycles. The van der Waals surface area contributed by atoms with Gasteiger partial charge in [0, 0.05) is 31.1 Å². The molecule has 2 nitrogen and oxygen atoms in total. The van der Waals surface area contributed by atoms with Gasteiger partial charge in [-0.15, -0.1) is 0 Å². The quantitative estimate of drug-likeness (QED) is 0.729. The first-order valence-corrected chi connectivity index (χ1v) is 9.33. The van der Waals surface area contributed by atoms with E-state index in [9.17, 15) is 0 Å². The molecule has 110 valence electrons. The molecule has 0 aromatic heterocycles. The van der Waals surface area contributed by atoms with Gasteiger partial charge >= 0.3 is 0 Å². The zero-order valence-electron chi connectivity index (χ0n) is 12.1. The van der Waals surface area contributed by atoms with Crippen LogP contribution in [0, 0.1) is 11.3 Å². The number of fused-ring (bicyclic) bond motifs is 1. The lowest BCUT2D eigenvalue weighted by Crippen LogP contribution is -2.52. The van der Waals surface area contributed by atoms with Crippen molar-refractivity contribution in [3.8, 4) is 0 Å². The molecule has 2 atom stereocenters. The van der Waals surface area contributed by atoms with Crippen LogP contribution in [0.3, 0.4) is 0 Å². The molecule has 3 aliphatic rings. The molecule has 3 rings (SSSR count). The third-order valence-electron chi connectivity index (χ3n) is 5.73. The number of halogens is 1. The zero-order chi connectivity index (χ0) is 13.1. The maximum atomic E-state index is 5.58. The Morgan fingerprint density at radius 1 is 1.05 bits per heavy atom. The molecule has 2 unspecified atom stereocenters. The van der Waals surface area contributed by atoms with E-state index in [2.05, 4.69) is 20.8 Å². The molecule has 3 fully saturated rings. The number of piperidine rings is 1. The molecule has 0 N–H and O–H groups in total.